The first-order valence-corrected chi connectivity index (χ1v) is 4.69. The molecule has 1 atom stereocenters. The standard InChI is InChI=1S/C9H13ClN2O/c1-3-7(4-5-13)9-8(10)6-11-12(9)2/h5-7H,3-4H2,1-2H3. The quantitative estimate of drug-likeness (QED) is 0.699. The molecule has 0 radical (unpaired) electrons. The zero-order valence-electron chi connectivity index (χ0n) is 7.83. The van der Waals surface area contributed by atoms with Crippen LogP contribution in [0, 0.1) is 0 Å². The van der Waals surface area contributed by atoms with Crippen molar-refractivity contribution in [3.63, 3.8) is 0 Å². The van der Waals surface area contributed by atoms with E-state index in [2.05, 4.69) is 5.10 Å². The molecule has 1 unspecified atom stereocenters. The average molecular weight is 201 g/mol. The van der Waals surface area contributed by atoms with Gasteiger partial charge in [0, 0.05) is 19.4 Å². The number of halogens is 1. The van der Waals surface area contributed by atoms with E-state index in [0.29, 0.717) is 11.4 Å². The molecule has 0 aliphatic carbocycles. The van der Waals surface area contributed by atoms with E-state index in [9.17, 15) is 4.79 Å². The minimum absolute atomic E-state index is 0.192. The van der Waals surface area contributed by atoms with Gasteiger partial charge in [0.2, 0.25) is 0 Å². The zero-order valence-corrected chi connectivity index (χ0v) is 8.58. The van der Waals surface area contributed by atoms with Gasteiger partial charge in [-0.15, -0.1) is 0 Å². The van der Waals surface area contributed by atoms with Gasteiger partial charge in [0.25, 0.3) is 0 Å². The summed E-state index contributed by atoms with van der Waals surface area (Å²) in [6.07, 6.45) is 3.95. The van der Waals surface area contributed by atoms with Crippen LogP contribution in [-0.4, -0.2) is 16.1 Å². The first-order chi connectivity index (χ1) is 6.20. The Kier molecular flexibility index (Phi) is 3.48. The Bertz CT molecular complexity index is 276. The number of carbonyl (C=O) groups is 1. The molecule has 0 amide bonds. The number of nitrogens with zero attached hydrogens (tertiary/aromatic N) is 2. The molecule has 0 aromatic carbocycles. The molecule has 0 aliphatic rings. The molecule has 4 heteroatoms. The summed E-state index contributed by atoms with van der Waals surface area (Å²) in [5.74, 6) is 0.192. The summed E-state index contributed by atoms with van der Waals surface area (Å²) in [5, 5.41) is 4.69. The van der Waals surface area contributed by atoms with Crippen molar-refractivity contribution in [2.24, 2.45) is 7.05 Å². The van der Waals surface area contributed by atoms with Crippen LogP contribution in [0.4, 0.5) is 0 Å². The molecule has 1 heterocycles. The fourth-order valence-electron chi connectivity index (χ4n) is 1.47. The highest BCUT2D eigenvalue weighted by molar-refractivity contribution is 6.31. The number of aryl methyl sites for hydroxylation is 1. The van der Waals surface area contributed by atoms with E-state index in [1.54, 1.807) is 10.9 Å². The van der Waals surface area contributed by atoms with Crippen LogP contribution in [0.25, 0.3) is 0 Å². The van der Waals surface area contributed by atoms with Gasteiger partial charge < -0.3 is 4.79 Å². The molecule has 0 saturated carbocycles. The van der Waals surface area contributed by atoms with Gasteiger partial charge in [0.05, 0.1) is 16.9 Å². The molecule has 3 nitrogen and oxygen atoms in total. The van der Waals surface area contributed by atoms with E-state index in [1.807, 2.05) is 14.0 Å². The van der Waals surface area contributed by atoms with E-state index < -0.39 is 0 Å². The van der Waals surface area contributed by atoms with Gasteiger partial charge in [-0.05, 0) is 6.42 Å². The van der Waals surface area contributed by atoms with Crippen LogP contribution in [-0.2, 0) is 11.8 Å². The molecular weight excluding hydrogens is 188 g/mol. The molecule has 0 fully saturated rings. The lowest BCUT2D eigenvalue weighted by atomic mass is 9.99. The highest BCUT2D eigenvalue weighted by atomic mass is 35.5. The Morgan fingerprint density at radius 1 is 1.77 bits per heavy atom. The summed E-state index contributed by atoms with van der Waals surface area (Å²) in [6, 6.07) is 0. The van der Waals surface area contributed by atoms with Gasteiger partial charge in [-0.25, -0.2) is 0 Å². The molecule has 0 bridgehead atoms. The van der Waals surface area contributed by atoms with Crippen molar-refractivity contribution in [1.29, 1.82) is 0 Å². The molecule has 0 spiro atoms. The van der Waals surface area contributed by atoms with E-state index in [1.165, 1.54) is 0 Å². The van der Waals surface area contributed by atoms with Gasteiger partial charge in [-0.1, -0.05) is 18.5 Å². The first kappa shape index (κ1) is 10.3. The summed E-state index contributed by atoms with van der Waals surface area (Å²) >= 11 is 5.96. The van der Waals surface area contributed by atoms with Gasteiger partial charge in [-0.3, -0.25) is 4.68 Å². The minimum Gasteiger partial charge on any atom is -0.303 e. The summed E-state index contributed by atoms with van der Waals surface area (Å²) in [6.45, 7) is 2.04. The normalized spacial score (nSPS) is 12.8. The number of hydrogen-bond acceptors (Lipinski definition) is 2. The largest absolute Gasteiger partial charge is 0.303 e. The maximum atomic E-state index is 10.4. The summed E-state index contributed by atoms with van der Waals surface area (Å²) in [4.78, 5) is 10.4. The minimum atomic E-state index is 0.192. The van der Waals surface area contributed by atoms with E-state index in [4.69, 9.17) is 11.6 Å². The van der Waals surface area contributed by atoms with Crippen molar-refractivity contribution in [2.75, 3.05) is 0 Å². The SMILES string of the molecule is CCC(CC=O)c1c(Cl)cnn1C. The average Bonchev–Trinajstić information content (AvgIpc) is 2.43. The first-order valence-electron chi connectivity index (χ1n) is 4.31. The number of carbonyl (C=O) groups excluding carboxylic acids is 1. The Morgan fingerprint density at radius 3 is 2.85 bits per heavy atom. The molecule has 0 N–H and O–H groups in total. The van der Waals surface area contributed by atoms with Gasteiger partial charge >= 0.3 is 0 Å². The monoisotopic (exact) mass is 200 g/mol. The Hall–Kier alpha value is -0.830. The van der Waals surface area contributed by atoms with E-state index in [-0.39, 0.29) is 5.92 Å². The molecular formula is C9H13ClN2O. The molecule has 13 heavy (non-hydrogen) atoms. The molecule has 0 aliphatic heterocycles. The molecule has 0 saturated heterocycles. The predicted octanol–water partition coefficient (Wildman–Crippen LogP) is 2.16. The Labute approximate surface area is 82.7 Å². The fraction of sp³-hybridized carbons (Fsp3) is 0.556. The van der Waals surface area contributed by atoms with Crippen LogP contribution in [0.1, 0.15) is 31.4 Å². The summed E-state index contributed by atoms with van der Waals surface area (Å²) < 4.78 is 1.74. The van der Waals surface area contributed by atoms with E-state index >= 15 is 0 Å². The van der Waals surface area contributed by atoms with Gasteiger partial charge in [0.15, 0.2) is 0 Å². The molecule has 72 valence electrons. The van der Waals surface area contributed by atoms with Crippen LogP contribution in [0.3, 0.4) is 0 Å². The summed E-state index contributed by atoms with van der Waals surface area (Å²) in [7, 11) is 1.84. The van der Waals surface area contributed by atoms with Crippen LogP contribution < -0.4 is 0 Å². The summed E-state index contributed by atoms with van der Waals surface area (Å²) in [5.41, 5.74) is 0.955. The fourth-order valence-corrected chi connectivity index (χ4v) is 1.79. The zero-order chi connectivity index (χ0) is 9.84. The lowest BCUT2D eigenvalue weighted by molar-refractivity contribution is -0.108. The highest BCUT2D eigenvalue weighted by Gasteiger charge is 2.16. The molecule has 1 aromatic rings. The highest BCUT2D eigenvalue weighted by Crippen LogP contribution is 2.28. The maximum absolute atomic E-state index is 10.4. The van der Waals surface area contributed by atoms with Crippen LogP contribution >= 0.6 is 11.6 Å². The van der Waals surface area contributed by atoms with Crippen LogP contribution in [0.15, 0.2) is 6.20 Å². The third kappa shape index (κ3) is 2.10. The van der Waals surface area contributed by atoms with E-state index in [0.717, 1.165) is 18.4 Å². The number of aromatic nitrogens is 2. The number of aldehydes is 1. The maximum Gasteiger partial charge on any atom is 0.120 e. The van der Waals surface area contributed by atoms with Crippen molar-refractivity contribution in [1.82, 2.24) is 9.78 Å². The van der Waals surface area contributed by atoms with Crippen LogP contribution in [0.5, 0.6) is 0 Å². The number of rotatable bonds is 4. The smallest absolute Gasteiger partial charge is 0.120 e. The van der Waals surface area contributed by atoms with Crippen molar-refractivity contribution >= 4 is 17.9 Å². The predicted molar refractivity (Wildman–Crippen MR) is 51.9 cm³/mol. The Morgan fingerprint density at radius 2 is 2.46 bits per heavy atom. The second-order valence-corrected chi connectivity index (χ2v) is 3.42. The van der Waals surface area contributed by atoms with Crippen molar-refractivity contribution < 1.29 is 4.79 Å². The third-order valence-electron chi connectivity index (χ3n) is 2.20. The molecule has 1 aromatic heterocycles. The molecule has 1 rings (SSSR count). The van der Waals surface area contributed by atoms with Crippen molar-refractivity contribution in [3.05, 3.63) is 16.9 Å². The van der Waals surface area contributed by atoms with Gasteiger partial charge in [-0.2, -0.15) is 5.10 Å². The van der Waals surface area contributed by atoms with Gasteiger partial charge in [0.1, 0.15) is 6.29 Å². The second-order valence-electron chi connectivity index (χ2n) is 3.01. The number of hydrogen-bond donors (Lipinski definition) is 0. The second kappa shape index (κ2) is 4.42. The Balaban J connectivity index is 2.95. The lowest BCUT2D eigenvalue weighted by Gasteiger charge is -2.12. The van der Waals surface area contributed by atoms with Crippen molar-refractivity contribution in [2.45, 2.75) is 25.7 Å². The topological polar surface area (TPSA) is 34.9 Å². The van der Waals surface area contributed by atoms with Crippen LogP contribution in [0.2, 0.25) is 5.02 Å². The lowest BCUT2D eigenvalue weighted by Crippen LogP contribution is -2.06. The van der Waals surface area contributed by atoms with Crippen molar-refractivity contribution in [3.8, 4) is 0 Å². The third-order valence-corrected chi connectivity index (χ3v) is 2.49.